The molecule has 0 unspecified atom stereocenters. The highest BCUT2D eigenvalue weighted by atomic mass is 16.2. The molecule has 3 rings (SSSR count). The van der Waals surface area contributed by atoms with Crippen LogP contribution in [0, 0.1) is 12.3 Å². The minimum absolute atomic E-state index is 0.0877. The maximum absolute atomic E-state index is 12.4. The highest BCUT2D eigenvalue weighted by Gasteiger charge is 2.39. The van der Waals surface area contributed by atoms with Gasteiger partial charge >= 0.3 is 0 Å². The Bertz CT molecular complexity index is 724. The summed E-state index contributed by atoms with van der Waals surface area (Å²) in [5.41, 5.74) is 2.23. The number of hydrogen-bond donors (Lipinski definition) is 0. The number of rotatable bonds is 6. The zero-order chi connectivity index (χ0) is 16.4. The van der Waals surface area contributed by atoms with Gasteiger partial charge in [0.05, 0.1) is 0 Å². The summed E-state index contributed by atoms with van der Waals surface area (Å²) < 4.78 is 0. The standard InChI is InChI=1S/C18H19N3O2/c1-3-4-10-18(19-20-18)11-9-16(22)14-5-7-15-13(12-14)6-8-17(23)21(15)2/h1,5,7,12H,4,6,8-11H2,2H3. The topological polar surface area (TPSA) is 62.1 Å². The second-order valence-corrected chi connectivity index (χ2v) is 6.11. The monoisotopic (exact) mass is 309 g/mol. The molecule has 0 aromatic heterocycles. The molecule has 0 aliphatic carbocycles. The van der Waals surface area contributed by atoms with Crippen LogP contribution >= 0.6 is 0 Å². The van der Waals surface area contributed by atoms with Crippen LogP contribution in [0.5, 0.6) is 0 Å². The van der Waals surface area contributed by atoms with Gasteiger partial charge in [-0.25, -0.2) is 0 Å². The van der Waals surface area contributed by atoms with Crippen LogP contribution in [0.4, 0.5) is 5.69 Å². The van der Waals surface area contributed by atoms with Crippen LogP contribution in [0.2, 0.25) is 0 Å². The SMILES string of the molecule is C#CCCC1(CCC(=O)c2ccc3c(c2)CCC(=O)N3C)N=N1. The van der Waals surface area contributed by atoms with Gasteiger partial charge in [-0.05, 0) is 30.2 Å². The van der Waals surface area contributed by atoms with Crippen LogP contribution in [-0.4, -0.2) is 24.4 Å². The minimum Gasteiger partial charge on any atom is -0.315 e. The number of fused-ring (bicyclic) bond motifs is 1. The number of aryl methyl sites for hydroxylation is 1. The fraction of sp³-hybridized carbons (Fsp3) is 0.444. The smallest absolute Gasteiger partial charge is 0.227 e. The number of benzene rings is 1. The molecule has 23 heavy (non-hydrogen) atoms. The van der Waals surface area contributed by atoms with Crippen LogP contribution in [0.1, 0.15) is 48.0 Å². The van der Waals surface area contributed by atoms with Gasteiger partial charge < -0.3 is 4.90 Å². The van der Waals surface area contributed by atoms with E-state index in [1.54, 1.807) is 18.0 Å². The van der Waals surface area contributed by atoms with Gasteiger partial charge in [-0.15, -0.1) is 12.3 Å². The Kier molecular flexibility index (Phi) is 3.99. The number of carbonyl (C=O) groups excluding carboxylic acids is 2. The molecule has 0 N–H and O–H groups in total. The zero-order valence-electron chi connectivity index (χ0n) is 13.2. The van der Waals surface area contributed by atoms with E-state index < -0.39 is 5.66 Å². The molecule has 2 aliphatic heterocycles. The predicted octanol–water partition coefficient (Wildman–Crippen LogP) is 3.13. The fourth-order valence-corrected chi connectivity index (χ4v) is 2.96. The third kappa shape index (κ3) is 3.16. The van der Waals surface area contributed by atoms with Gasteiger partial charge in [-0.1, -0.05) is 0 Å². The summed E-state index contributed by atoms with van der Waals surface area (Å²) >= 11 is 0. The number of terminal acetylenes is 1. The van der Waals surface area contributed by atoms with Crippen molar-refractivity contribution in [1.29, 1.82) is 0 Å². The van der Waals surface area contributed by atoms with E-state index in [9.17, 15) is 9.59 Å². The summed E-state index contributed by atoms with van der Waals surface area (Å²) in [6, 6.07) is 5.57. The summed E-state index contributed by atoms with van der Waals surface area (Å²) in [4.78, 5) is 25.8. The number of ketones is 1. The Morgan fingerprint density at radius 2 is 2.13 bits per heavy atom. The lowest BCUT2D eigenvalue weighted by atomic mass is 9.94. The van der Waals surface area contributed by atoms with Crippen molar-refractivity contribution >= 4 is 17.4 Å². The molecule has 5 heteroatoms. The van der Waals surface area contributed by atoms with Crippen molar-refractivity contribution in [3.8, 4) is 12.3 Å². The number of Topliss-reactive ketones (excluding diaryl/α,β-unsaturated/α-hetero) is 1. The Morgan fingerprint density at radius 1 is 1.35 bits per heavy atom. The van der Waals surface area contributed by atoms with Gasteiger partial charge in [0.1, 0.15) is 0 Å². The van der Waals surface area contributed by atoms with Crippen LogP contribution in [0.15, 0.2) is 28.4 Å². The molecule has 0 saturated carbocycles. The molecule has 1 amide bonds. The van der Waals surface area contributed by atoms with Crippen molar-refractivity contribution in [2.45, 2.75) is 44.2 Å². The maximum Gasteiger partial charge on any atom is 0.227 e. The van der Waals surface area contributed by atoms with E-state index in [1.165, 1.54) is 0 Å². The lowest BCUT2D eigenvalue weighted by Crippen LogP contribution is -2.31. The zero-order valence-corrected chi connectivity index (χ0v) is 13.2. The molecule has 0 bridgehead atoms. The molecule has 0 spiro atoms. The first-order chi connectivity index (χ1) is 11.0. The van der Waals surface area contributed by atoms with Crippen molar-refractivity contribution < 1.29 is 9.59 Å². The Hall–Kier alpha value is -2.48. The molecular weight excluding hydrogens is 290 g/mol. The van der Waals surface area contributed by atoms with Crippen molar-refractivity contribution in [3.05, 3.63) is 29.3 Å². The van der Waals surface area contributed by atoms with Crippen molar-refractivity contribution in [3.63, 3.8) is 0 Å². The van der Waals surface area contributed by atoms with E-state index in [4.69, 9.17) is 6.42 Å². The number of nitrogens with zero attached hydrogens (tertiary/aromatic N) is 3. The van der Waals surface area contributed by atoms with E-state index in [0.29, 0.717) is 44.1 Å². The molecular formula is C18H19N3O2. The van der Waals surface area contributed by atoms with Crippen molar-refractivity contribution in [2.24, 2.45) is 10.2 Å². The van der Waals surface area contributed by atoms with E-state index in [1.807, 2.05) is 12.1 Å². The predicted molar refractivity (Wildman–Crippen MR) is 87.4 cm³/mol. The van der Waals surface area contributed by atoms with Gasteiger partial charge in [0.25, 0.3) is 0 Å². The molecule has 1 aromatic rings. The lowest BCUT2D eigenvalue weighted by Gasteiger charge is -2.26. The molecule has 1 aromatic carbocycles. The molecule has 0 atom stereocenters. The first kappa shape index (κ1) is 15.4. The van der Waals surface area contributed by atoms with Crippen molar-refractivity contribution in [1.82, 2.24) is 0 Å². The summed E-state index contributed by atoms with van der Waals surface area (Å²) in [5.74, 6) is 2.79. The molecule has 0 fully saturated rings. The molecule has 0 saturated heterocycles. The van der Waals surface area contributed by atoms with E-state index >= 15 is 0 Å². The molecule has 0 radical (unpaired) electrons. The number of anilines is 1. The minimum atomic E-state index is -0.414. The number of hydrogen-bond acceptors (Lipinski definition) is 4. The number of carbonyl (C=O) groups is 2. The number of amides is 1. The first-order valence-electron chi connectivity index (χ1n) is 7.85. The Morgan fingerprint density at radius 3 is 2.83 bits per heavy atom. The Balaban J connectivity index is 1.65. The third-order valence-electron chi connectivity index (χ3n) is 4.55. The second kappa shape index (κ2) is 5.96. The average Bonchev–Trinajstić information content (AvgIpc) is 3.34. The van der Waals surface area contributed by atoms with E-state index in [0.717, 1.165) is 11.3 Å². The fourth-order valence-electron chi connectivity index (χ4n) is 2.96. The lowest BCUT2D eigenvalue weighted by molar-refractivity contribution is -0.118. The average molecular weight is 309 g/mol. The van der Waals surface area contributed by atoms with Gasteiger partial charge in [-0.2, -0.15) is 10.2 Å². The van der Waals surface area contributed by atoms with E-state index in [-0.39, 0.29) is 11.7 Å². The van der Waals surface area contributed by atoms with Crippen LogP contribution in [-0.2, 0) is 11.2 Å². The van der Waals surface area contributed by atoms with Crippen LogP contribution in [0.25, 0.3) is 0 Å². The highest BCUT2D eigenvalue weighted by Crippen LogP contribution is 2.38. The second-order valence-electron chi connectivity index (χ2n) is 6.11. The summed E-state index contributed by atoms with van der Waals surface area (Å²) in [6.07, 6.45) is 8.82. The van der Waals surface area contributed by atoms with Gasteiger partial charge in [0, 0.05) is 50.4 Å². The van der Waals surface area contributed by atoms with Crippen LogP contribution < -0.4 is 4.90 Å². The normalized spacial score (nSPS) is 17.6. The largest absolute Gasteiger partial charge is 0.315 e. The maximum atomic E-state index is 12.4. The summed E-state index contributed by atoms with van der Waals surface area (Å²) in [7, 11) is 1.77. The molecule has 118 valence electrons. The molecule has 2 heterocycles. The third-order valence-corrected chi connectivity index (χ3v) is 4.55. The van der Waals surface area contributed by atoms with Gasteiger partial charge in [0.2, 0.25) is 5.91 Å². The highest BCUT2D eigenvalue weighted by molar-refractivity contribution is 5.99. The summed E-state index contributed by atoms with van der Waals surface area (Å²) in [6.45, 7) is 0. The van der Waals surface area contributed by atoms with Crippen LogP contribution in [0.3, 0.4) is 0 Å². The van der Waals surface area contributed by atoms with Crippen molar-refractivity contribution in [2.75, 3.05) is 11.9 Å². The first-order valence-corrected chi connectivity index (χ1v) is 7.85. The van der Waals surface area contributed by atoms with Gasteiger partial charge in [-0.3, -0.25) is 9.59 Å². The summed E-state index contributed by atoms with van der Waals surface area (Å²) in [5, 5.41) is 8.12. The van der Waals surface area contributed by atoms with E-state index in [2.05, 4.69) is 16.1 Å². The van der Waals surface area contributed by atoms with Gasteiger partial charge in [0.15, 0.2) is 11.4 Å². The quantitative estimate of drug-likeness (QED) is 0.598. The molecule has 5 nitrogen and oxygen atoms in total. The Labute approximate surface area is 135 Å². The molecule has 2 aliphatic rings.